The third-order valence-electron chi connectivity index (χ3n) is 3.93. The van der Waals surface area contributed by atoms with Crippen LogP contribution in [0.1, 0.15) is 32.3 Å². The van der Waals surface area contributed by atoms with Gasteiger partial charge in [-0.2, -0.15) is 0 Å². The van der Waals surface area contributed by atoms with E-state index >= 15 is 0 Å². The normalized spacial score (nSPS) is 17.9. The number of nitrogens with zero attached hydrogens (tertiary/aromatic N) is 1. The summed E-state index contributed by atoms with van der Waals surface area (Å²) < 4.78 is 0. The topological polar surface area (TPSA) is 24.4 Å². The minimum Gasteiger partial charge on any atom is -0.361 e. The highest BCUT2D eigenvalue weighted by Gasteiger charge is 2.29. The van der Waals surface area contributed by atoms with Gasteiger partial charge in [0, 0.05) is 23.9 Å². The number of nitrogens with one attached hydrogen (secondary N) is 1. The Labute approximate surface area is 125 Å². The molecule has 0 radical (unpaired) electrons. The van der Waals surface area contributed by atoms with E-state index in [1.165, 1.54) is 24.2 Å². The van der Waals surface area contributed by atoms with Gasteiger partial charge in [-0.1, -0.05) is 49.3 Å². The Bertz CT molecular complexity index is 438. The first-order valence-corrected chi connectivity index (χ1v) is 8.19. The largest absolute Gasteiger partial charge is 0.361 e. The lowest BCUT2D eigenvalue weighted by Crippen LogP contribution is -2.34. The van der Waals surface area contributed by atoms with Gasteiger partial charge in [0.15, 0.2) is 5.17 Å². The Morgan fingerprint density at radius 1 is 1.26 bits per heavy atom. The van der Waals surface area contributed by atoms with Crippen LogP contribution in [0.2, 0.25) is 5.02 Å². The van der Waals surface area contributed by atoms with E-state index in [9.17, 15) is 0 Å². The Balaban J connectivity index is 1.88. The molecular formula is C15H21ClN2S. The van der Waals surface area contributed by atoms with Crippen molar-refractivity contribution in [2.24, 2.45) is 10.4 Å². The number of hydrogen-bond acceptors (Lipinski definition) is 3. The summed E-state index contributed by atoms with van der Waals surface area (Å²) in [5.41, 5.74) is 1.64. The molecule has 0 aromatic heterocycles. The van der Waals surface area contributed by atoms with E-state index in [0.717, 1.165) is 23.3 Å². The van der Waals surface area contributed by atoms with Crippen molar-refractivity contribution in [3.05, 3.63) is 34.9 Å². The van der Waals surface area contributed by atoms with Crippen molar-refractivity contribution in [3.8, 4) is 0 Å². The molecule has 0 spiro atoms. The second-order valence-corrected chi connectivity index (χ2v) is 6.50. The molecule has 4 heteroatoms. The highest BCUT2D eigenvalue weighted by molar-refractivity contribution is 8.13. The van der Waals surface area contributed by atoms with Crippen molar-refractivity contribution in [3.63, 3.8) is 0 Å². The second kappa shape index (κ2) is 6.67. The third kappa shape index (κ3) is 3.90. The Kier molecular flexibility index (Phi) is 5.17. The number of aliphatic imine (C=N–C) groups is 1. The van der Waals surface area contributed by atoms with Crippen molar-refractivity contribution < 1.29 is 0 Å². The summed E-state index contributed by atoms with van der Waals surface area (Å²) in [6.07, 6.45) is 2.43. The Morgan fingerprint density at radius 2 is 1.95 bits per heavy atom. The van der Waals surface area contributed by atoms with Crippen LogP contribution in [0, 0.1) is 5.41 Å². The Morgan fingerprint density at radius 3 is 2.47 bits per heavy atom. The summed E-state index contributed by atoms with van der Waals surface area (Å²) in [5.74, 6) is 1.17. The van der Waals surface area contributed by atoms with Crippen LogP contribution in [0.3, 0.4) is 0 Å². The minimum absolute atomic E-state index is 0.413. The summed E-state index contributed by atoms with van der Waals surface area (Å²) in [6.45, 7) is 6.31. The van der Waals surface area contributed by atoms with Crippen LogP contribution in [0.5, 0.6) is 0 Å². The van der Waals surface area contributed by atoms with E-state index in [1.54, 1.807) is 0 Å². The average molecular weight is 297 g/mol. The van der Waals surface area contributed by atoms with Gasteiger partial charge in [0.1, 0.15) is 0 Å². The second-order valence-electron chi connectivity index (χ2n) is 5.10. The van der Waals surface area contributed by atoms with Gasteiger partial charge >= 0.3 is 0 Å². The van der Waals surface area contributed by atoms with E-state index in [4.69, 9.17) is 16.6 Å². The molecular weight excluding hydrogens is 276 g/mol. The summed E-state index contributed by atoms with van der Waals surface area (Å²) in [5, 5.41) is 5.27. The fraction of sp³-hybridized carbons (Fsp3) is 0.533. The van der Waals surface area contributed by atoms with Gasteiger partial charge in [0.05, 0.1) is 0 Å². The lowest BCUT2D eigenvalue weighted by atomic mass is 9.84. The first kappa shape index (κ1) is 14.7. The zero-order valence-corrected chi connectivity index (χ0v) is 13.2. The number of hydrogen-bond donors (Lipinski definition) is 1. The molecule has 1 N–H and O–H groups in total. The summed E-state index contributed by atoms with van der Waals surface area (Å²) in [7, 11) is 0. The first-order valence-electron chi connectivity index (χ1n) is 6.83. The summed E-state index contributed by atoms with van der Waals surface area (Å²) in [4.78, 5) is 4.70. The van der Waals surface area contributed by atoms with Crippen molar-refractivity contribution in [2.45, 2.75) is 33.2 Å². The highest BCUT2D eigenvalue weighted by Crippen LogP contribution is 2.34. The molecule has 0 amide bonds. The first-order chi connectivity index (χ1) is 9.17. The van der Waals surface area contributed by atoms with Crippen molar-refractivity contribution in [1.29, 1.82) is 0 Å². The molecule has 2 rings (SSSR count). The van der Waals surface area contributed by atoms with Crippen LogP contribution in [-0.4, -0.2) is 17.5 Å². The smallest absolute Gasteiger partial charge is 0.156 e. The molecule has 1 aliphatic rings. The van der Waals surface area contributed by atoms with Gasteiger partial charge in [-0.25, -0.2) is 0 Å². The van der Waals surface area contributed by atoms with Crippen LogP contribution in [0.15, 0.2) is 29.3 Å². The van der Waals surface area contributed by atoms with Gasteiger partial charge in [0.25, 0.3) is 0 Å². The number of amidine groups is 1. The van der Waals surface area contributed by atoms with Crippen molar-refractivity contribution in [1.82, 2.24) is 5.32 Å². The van der Waals surface area contributed by atoms with Crippen molar-refractivity contribution >= 4 is 28.5 Å². The average Bonchev–Trinajstić information content (AvgIpc) is 2.47. The van der Waals surface area contributed by atoms with E-state index in [-0.39, 0.29) is 0 Å². The summed E-state index contributed by atoms with van der Waals surface area (Å²) in [6, 6.07) is 7.94. The molecule has 2 nitrogen and oxygen atoms in total. The fourth-order valence-electron chi connectivity index (χ4n) is 2.12. The maximum atomic E-state index is 5.88. The molecule has 0 saturated heterocycles. The molecule has 0 aliphatic carbocycles. The number of thioether (sulfide) groups is 1. The molecule has 1 aromatic rings. The number of rotatable bonds is 4. The van der Waals surface area contributed by atoms with Gasteiger partial charge in [-0.3, -0.25) is 4.99 Å². The van der Waals surface area contributed by atoms with E-state index < -0.39 is 0 Å². The standard InChI is InChI=1S/C15H21ClN2S/c1-3-15(4-2)10-18-14(19-11-15)17-9-12-5-7-13(16)8-6-12/h5-8H,3-4,9-11H2,1-2H3,(H,17,18). The molecule has 19 heavy (non-hydrogen) atoms. The fourth-order valence-corrected chi connectivity index (χ4v) is 3.52. The molecule has 0 unspecified atom stereocenters. The predicted molar refractivity (Wildman–Crippen MR) is 86.1 cm³/mol. The van der Waals surface area contributed by atoms with Crippen LogP contribution in [0.4, 0.5) is 0 Å². The van der Waals surface area contributed by atoms with E-state index in [0.29, 0.717) is 5.41 Å². The molecule has 104 valence electrons. The van der Waals surface area contributed by atoms with E-state index in [2.05, 4.69) is 19.2 Å². The Hall–Kier alpha value is -0.670. The maximum absolute atomic E-state index is 5.88. The maximum Gasteiger partial charge on any atom is 0.156 e. The van der Waals surface area contributed by atoms with Crippen molar-refractivity contribution in [2.75, 3.05) is 12.3 Å². The zero-order valence-electron chi connectivity index (χ0n) is 11.6. The van der Waals surface area contributed by atoms with Gasteiger partial charge < -0.3 is 5.32 Å². The van der Waals surface area contributed by atoms with Crippen LogP contribution < -0.4 is 5.32 Å². The van der Waals surface area contributed by atoms with E-state index in [1.807, 2.05) is 36.0 Å². The molecule has 0 fully saturated rings. The van der Waals surface area contributed by atoms with Gasteiger partial charge in [-0.15, -0.1) is 0 Å². The minimum atomic E-state index is 0.413. The molecule has 1 heterocycles. The van der Waals surface area contributed by atoms with Crippen LogP contribution in [0.25, 0.3) is 0 Å². The van der Waals surface area contributed by atoms with Gasteiger partial charge in [0.2, 0.25) is 0 Å². The molecule has 0 bridgehead atoms. The summed E-state index contributed by atoms with van der Waals surface area (Å²) >= 11 is 7.73. The third-order valence-corrected chi connectivity index (χ3v) is 5.49. The van der Waals surface area contributed by atoms with Crippen LogP contribution >= 0.6 is 23.4 Å². The molecule has 0 atom stereocenters. The number of halogens is 1. The molecule has 0 saturated carbocycles. The highest BCUT2D eigenvalue weighted by atomic mass is 35.5. The monoisotopic (exact) mass is 296 g/mol. The predicted octanol–water partition coefficient (Wildman–Crippen LogP) is 4.34. The van der Waals surface area contributed by atoms with Gasteiger partial charge in [-0.05, 0) is 36.0 Å². The lowest BCUT2D eigenvalue weighted by Gasteiger charge is -2.33. The zero-order chi connectivity index (χ0) is 13.7. The van der Waals surface area contributed by atoms with Crippen LogP contribution in [-0.2, 0) is 6.54 Å². The lowest BCUT2D eigenvalue weighted by molar-refractivity contribution is 0.318. The molecule has 1 aliphatic heterocycles. The number of benzene rings is 1. The quantitative estimate of drug-likeness (QED) is 0.894. The SMILES string of the molecule is CCC1(CC)CN=C(NCc2ccc(Cl)cc2)SC1. The molecule has 1 aromatic carbocycles.